The highest BCUT2D eigenvalue weighted by molar-refractivity contribution is 6.03. The van der Waals surface area contributed by atoms with Gasteiger partial charge in [0.25, 0.3) is 5.91 Å². The van der Waals surface area contributed by atoms with Crippen molar-refractivity contribution < 1.29 is 23.9 Å². The topological polar surface area (TPSA) is 106 Å². The SMILES string of the molecule is CCOC(=O)COc1ccc2ccccc2c1/C=N\NC(=O)c1ccc(NC(C)=O)cc1. The Morgan fingerprint density at radius 2 is 1.75 bits per heavy atom. The summed E-state index contributed by atoms with van der Waals surface area (Å²) in [4.78, 5) is 35.2. The minimum Gasteiger partial charge on any atom is -0.481 e. The largest absolute Gasteiger partial charge is 0.481 e. The smallest absolute Gasteiger partial charge is 0.344 e. The van der Waals surface area contributed by atoms with Crippen LogP contribution in [0.25, 0.3) is 10.8 Å². The third kappa shape index (κ3) is 5.91. The van der Waals surface area contributed by atoms with Crippen molar-refractivity contribution in [1.29, 1.82) is 0 Å². The summed E-state index contributed by atoms with van der Waals surface area (Å²) < 4.78 is 10.5. The molecule has 3 aromatic carbocycles. The lowest BCUT2D eigenvalue weighted by atomic mass is 10.0. The molecule has 0 unspecified atom stereocenters. The number of hydrogen-bond donors (Lipinski definition) is 2. The molecular weight excluding hydrogens is 410 g/mol. The maximum atomic E-state index is 12.4. The predicted octanol–water partition coefficient (Wildman–Crippen LogP) is 3.50. The van der Waals surface area contributed by atoms with Crippen LogP contribution in [0.1, 0.15) is 29.8 Å². The van der Waals surface area contributed by atoms with E-state index in [2.05, 4.69) is 15.8 Å². The zero-order valence-electron chi connectivity index (χ0n) is 17.8. The molecule has 8 nitrogen and oxygen atoms in total. The first-order chi connectivity index (χ1) is 15.5. The molecule has 0 aliphatic rings. The van der Waals surface area contributed by atoms with Crippen LogP contribution in [0.5, 0.6) is 5.75 Å². The Morgan fingerprint density at radius 1 is 1.00 bits per heavy atom. The Morgan fingerprint density at radius 3 is 2.47 bits per heavy atom. The lowest BCUT2D eigenvalue weighted by molar-refractivity contribution is -0.145. The van der Waals surface area contributed by atoms with E-state index in [1.54, 1.807) is 37.3 Å². The fraction of sp³-hybridized carbons (Fsp3) is 0.167. The van der Waals surface area contributed by atoms with E-state index in [0.29, 0.717) is 22.6 Å². The third-order valence-corrected chi connectivity index (χ3v) is 4.41. The normalized spacial score (nSPS) is 10.7. The van der Waals surface area contributed by atoms with Crippen LogP contribution in [0, 0.1) is 0 Å². The number of ether oxygens (including phenoxy) is 2. The molecular formula is C24H23N3O5. The van der Waals surface area contributed by atoms with Crippen molar-refractivity contribution in [1.82, 2.24) is 5.43 Å². The molecule has 0 fully saturated rings. The lowest BCUT2D eigenvalue weighted by Gasteiger charge is -2.11. The van der Waals surface area contributed by atoms with Gasteiger partial charge in [0.2, 0.25) is 5.91 Å². The average Bonchev–Trinajstić information content (AvgIpc) is 2.78. The van der Waals surface area contributed by atoms with E-state index in [9.17, 15) is 14.4 Å². The number of rotatable bonds is 8. The molecule has 2 amide bonds. The number of carbonyl (C=O) groups excluding carboxylic acids is 3. The van der Waals surface area contributed by atoms with Gasteiger partial charge in [0, 0.05) is 23.7 Å². The Bertz CT molecular complexity index is 1160. The van der Waals surface area contributed by atoms with Crippen molar-refractivity contribution in [3.05, 3.63) is 71.8 Å². The molecule has 164 valence electrons. The van der Waals surface area contributed by atoms with E-state index in [-0.39, 0.29) is 19.1 Å². The summed E-state index contributed by atoms with van der Waals surface area (Å²) in [5.41, 5.74) is 4.08. The number of nitrogens with one attached hydrogen (secondary N) is 2. The van der Waals surface area contributed by atoms with E-state index in [0.717, 1.165) is 10.8 Å². The number of esters is 1. The maximum absolute atomic E-state index is 12.4. The molecule has 0 spiro atoms. The third-order valence-electron chi connectivity index (χ3n) is 4.41. The van der Waals surface area contributed by atoms with Crippen LogP contribution in [0.2, 0.25) is 0 Å². The molecule has 8 heteroatoms. The van der Waals surface area contributed by atoms with Crippen molar-refractivity contribution in [2.24, 2.45) is 5.10 Å². The molecule has 32 heavy (non-hydrogen) atoms. The molecule has 0 aliphatic carbocycles. The second kappa shape index (κ2) is 10.7. The van der Waals surface area contributed by atoms with Crippen LogP contribution in [-0.2, 0) is 14.3 Å². The van der Waals surface area contributed by atoms with Crippen LogP contribution in [0.3, 0.4) is 0 Å². The zero-order chi connectivity index (χ0) is 22.9. The highest BCUT2D eigenvalue weighted by Crippen LogP contribution is 2.26. The fourth-order valence-electron chi connectivity index (χ4n) is 3.00. The molecule has 2 N–H and O–H groups in total. The fourth-order valence-corrected chi connectivity index (χ4v) is 3.00. The van der Waals surface area contributed by atoms with Crippen LogP contribution >= 0.6 is 0 Å². The quantitative estimate of drug-likeness (QED) is 0.321. The maximum Gasteiger partial charge on any atom is 0.344 e. The Kier molecular flexibility index (Phi) is 7.53. The van der Waals surface area contributed by atoms with Gasteiger partial charge in [-0.15, -0.1) is 0 Å². The Hall–Kier alpha value is -4.20. The monoisotopic (exact) mass is 433 g/mol. The summed E-state index contributed by atoms with van der Waals surface area (Å²) in [6.45, 7) is 3.17. The van der Waals surface area contributed by atoms with Crippen LogP contribution in [0.4, 0.5) is 5.69 Å². The second-order valence-electron chi connectivity index (χ2n) is 6.75. The molecule has 3 aromatic rings. The Labute approximate surface area is 185 Å². The van der Waals surface area contributed by atoms with Crippen LogP contribution in [-0.4, -0.2) is 37.2 Å². The summed E-state index contributed by atoms with van der Waals surface area (Å²) in [6, 6.07) is 17.7. The standard InChI is InChI=1S/C24H23N3O5/c1-3-31-23(29)15-32-22-13-10-17-6-4-5-7-20(17)21(22)14-25-27-24(30)18-8-11-19(12-9-18)26-16(2)28/h4-14H,3,15H2,1-2H3,(H,26,28)(H,27,30)/b25-14-. The van der Waals surface area contributed by atoms with Crippen molar-refractivity contribution in [2.45, 2.75) is 13.8 Å². The molecule has 0 aliphatic heterocycles. The van der Waals surface area contributed by atoms with E-state index in [4.69, 9.17) is 9.47 Å². The molecule has 0 atom stereocenters. The lowest BCUT2D eigenvalue weighted by Crippen LogP contribution is -2.18. The number of amides is 2. The van der Waals surface area contributed by atoms with Gasteiger partial charge in [0.1, 0.15) is 5.75 Å². The van der Waals surface area contributed by atoms with Gasteiger partial charge < -0.3 is 14.8 Å². The van der Waals surface area contributed by atoms with Gasteiger partial charge in [-0.25, -0.2) is 10.2 Å². The summed E-state index contributed by atoms with van der Waals surface area (Å²) in [5, 5.41) is 8.52. The summed E-state index contributed by atoms with van der Waals surface area (Å²) in [5.74, 6) is -0.637. The van der Waals surface area contributed by atoms with Crippen LogP contribution in [0.15, 0.2) is 65.8 Å². The first-order valence-corrected chi connectivity index (χ1v) is 9.99. The van der Waals surface area contributed by atoms with Gasteiger partial charge in [0.05, 0.1) is 12.8 Å². The summed E-state index contributed by atoms with van der Waals surface area (Å²) in [6.07, 6.45) is 1.48. The Balaban J connectivity index is 1.77. The zero-order valence-corrected chi connectivity index (χ0v) is 17.8. The number of fused-ring (bicyclic) bond motifs is 1. The second-order valence-corrected chi connectivity index (χ2v) is 6.75. The summed E-state index contributed by atoms with van der Waals surface area (Å²) >= 11 is 0. The molecule has 3 rings (SSSR count). The molecule has 0 saturated carbocycles. The van der Waals surface area contributed by atoms with E-state index in [1.807, 2.05) is 30.3 Å². The molecule has 0 aromatic heterocycles. The van der Waals surface area contributed by atoms with Crippen molar-refractivity contribution in [3.8, 4) is 5.75 Å². The van der Waals surface area contributed by atoms with Gasteiger partial charge in [-0.2, -0.15) is 5.10 Å². The van der Waals surface area contributed by atoms with Gasteiger partial charge in [-0.3, -0.25) is 9.59 Å². The molecule has 0 radical (unpaired) electrons. The average molecular weight is 433 g/mol. The number of hydrogen-bond acceptors (Lipinski definition) is 6. The predicted molar refractivity (Wildman–Crippen MR) is 122 cm³/mol. The first-order valence-electron chi connectivity index (χ1n) is 9.99. The summed E-state index contributed by atoms with van der Waals surface area (Å²) in [7, 11) is 0. The van der Waals surface area contributed by atoms with Crippen molar-refractivity contribution in [3.63, 3.8) is 0 Å². The van der Waals surface area contributed by atoms with E-state index >= 15 is 0 Å². The number of anilines is 1. The van der Waals surface area contributed by atoms with Gasteiger partial charge >= 0.3 is 5.97 Å². The van der Waals surface area contributed by atoms with Gasteiger partial charge in [0.15, 0.2) is 6.61 Å². The highest BCUT2D eigenvalue weighted by Gasteiger charge is 2.11. The van der Waals surface area contributed by atoms with Crippen molar-refractivity contribution in [2.75, 3.05) is 18.5 Å². The number of hydrazone groups is 1. The van der Waals surface area contributed by atoms with Gasteiger partial charge in [-0.1, -0.05) is 30.3 Å². The molecule has 0 heterocycles. The number of carbonyl (C=O) groups is 3. The minimum atomic E-state index is -0.473. The molecule has 0 bridgehead atoms. The minimum absolute atomic E-state index is 0.192. The molecule has 0 saturated heterocycles. The number of benzene rings is 3. The van der Waals surface area contributed by atoms with Crippen LogP contribution < -0.4 is 15.5 Å². The number of nitrogens with zero attached hydrogens (tertiary/aromatic N) is 1. The van der Waals surface area contributed by atoms with E-state index < -0.39 is 11.9 Å². The highest BCUT2D eigenvalue weighted by atomic mass is 16.6. The van der Waals surface area contributed by atoms with E-state index in [1.165, 1.54) is 13.1 Å². The van der Waals surface area contributed by atoms with Gasteiger partial charge in [-0.05, 0) is 48.0 Å². The first kappa shape index (κ1) is 22.5. The van der Waals surface area contributed by atoms with Crippen molar-refractivity contribution >= 4 is 40.5 Å².